The van der Waals surface area contributed by atoms with E-state index in [1.807, 2.05) is 39.8 Å². The SMILES string of the molecule is CC.CC.COCC(CO)(CO)NC(=O)c1ccc2c(c1)C(=O)c1ccccc1-2. The van der Waals surface area contributed by atoms with Crippen LogP contribution in [0, 0.1) is 0 Å². The van der Waals surface area contributed by atoms with Crippen molar-refractivity contribution in [1.82, 2.24) is 5.32 Å². The molecule has 0 spiro atoms. The number of hydrogen-bond donors (Lipinski definition) is 3. The molecule has 6 nitrogen and oxygen atoms in total. The van der Waals surface area contributed by atoms with Gasteiger partial charge in [-0.15, -0.1) is 0 Å². The predicted molar refractivity (Wildman–Crippen MR) is 114 cm³/mol. The molecule has 0 fully saturated rings. The van der Waals surface area contributed by atoms with Crippen LogP contribution in [0.3, 0.4) is 0 Å². The van der Waals surface area contributed by atoms with Gasteiger partial charge in [0.2, 0.25) is 0 Å². The molecule has 0 radical (unpaired) electrons. The number of carbonyl (C=O) groups is 2. The molecule has 0 saturated heterocycles. The van der Waals surface area contributed by atoms with Crippen molar-refractivity contribution < 1.29 is 24.5 Å². The first kappa shape index (κ1) is 24.5. The number of carbonyl (C=O) groups excluding carboxylic acids is 2. The lowest BCUT2D eigenvalue weighted by Gasteiger charge is -2.30. The van der Waals surface area contributed by atoms with Gasteiger partial charge in [-0.1, -0.05) is 58.0 Å². The molecule has 1 aliphatic carbocycles. The highest BCUT2D eigenvalue weighted by molar-refractivity contribution is 6.22. The van der Waals surface area contributed by atoms with Crippen molar-refractivity contribution in [2.75, 3.05) is 26.9 Å². The fourth-order valence-corrected chi connectivity index (χ4v) is 3.02. The van der Waals surface area contributed by atoms with Gasteiger partial charge >= 0.3 is 0 Å². The van der Waals surface area contributed by atoms with Gasteiger partial charge in [-0.25, -0.2) is 0 Å². The molecule has 3 N–H and O–H groups in total. The van der Waals surface area contributed by atoms with Gasteiger partial charge in [0.25, 0.3) is 5.91 Å². The Kier molecular flexibility index (Phi) is 9.68. The summed E-state index contributed by atoms with van der Waals surface area (Å²) in [5.41, 5.74) is 1.74. The standard InChI is InChI=1S/C19H19NO5.2C2H6/c1-25-11-19(9-21,10-22)20-18(24)12-6-7-14-13-4-2-3-5-15(13)17(23)16(14)8-12;2*1-2/h2-8,21-22H,9-11H2,1H3,(H,20,24);2*1-2H3. The first-order valence-corrected chi connectivity index (χ1v) is 9.86. The second-order valence-electron chi connectivity index (χ2n) is 6.12. The van der Waals surface area contributed by atoms with Crippen molar-refractivity contribution in [3.8, 4) is 11.1 Å². The van der Waals surface area contributed by atoms with Crippen LogP contribution in [0.25, 0.3) is 11.1 Å². The lowest BCUT2D eigenvalue weighted by Crippen LogP contribution is -2.57. The zero-order chi connectivity index (χ0) is 22.0. The first-order valence-electron chi connectivity index (χ1n) is 9.86. The molecule has 3 rings (SSSR count). The Labute approximate surface area is 172 Å². The summed E-state index contributed by atoms with van der Waals surface area (Å²) < 4.78 is 4.97. The molecule has 158 valence electrons. The van der Waals surface area contributed by atoms with Crippen LogP contribution < -0.4 is 5.32 Å². The van der Waals surface area contributed by atoms with Gasteiger partial charge in [-0.05, 0) is 23.3 Å². The highest BCUT2D eigenvalue weighted by Crippen LogP contribution is 2.36. The molecular formula is C23H31NO5. The summed E-state index contributed by atoms with van der Waals surface area (Å²) in [4.78, 5) is 25.1. The van der Waals surface area contributed by atoms with Crippen LogP contribution in [0.4, 0.5) is 0 Å². The maximum Gasteiger partial charge on any atom is 0.251 e. The summed E-state index contributed by atoms with van der Waals surface area (Å²) in [7, 11) is 1.41. The van der Waals surface area contributed by atoms with Crippen molar-refractivity contribution in [1.29, 1.82) is 0 Å². The van der Waals surface area contributed by atoms with Crippen LogP contribution in [0.2, 0.25) is 0 Å². The average molecular weight is 402 g/mol. The molecule has 0 atom stereocenters. The van der Waals surface area contributed by atoms with E-state index < -0.39 is 24.7 Å². The van der Waals surface area contributed by atoms with Crippen LogP contribution in [0.5, 0.6) is 0 Å². The molecule has 29 heavy (non-hydrogen) atoms. The van der Waals surface area contributed by atoms with Crippen LogP contribution >= 0.6 is 0 Å². The van der Waals surface area contributed by atoms with Crippen molar-refractivity contribution in [2.45, 2.75) is 33.2 Å². The molecule has 1 amide bonds. The number of amides is 1. The number of aliphatic hydroxyl groups is 2. The molecule has 0 aromatic heterocycles. The van der Waals surface area contributed by atoms with Gasteiger partial charge in [0.05, 0.1) is 19.8 Å². The smallest absolute Gasteiger partial charge is 0.251 e. The number of ketones is 1. The Hall–Kier alpha value is -2.54. The maximum absolute atomic E-state index is 12.5. The summed E-state index contributed by atoms with van der Waals surface area (Å²) in [6.07, 6.45) is 0. The van der Waals surface area contributed by atoms with E-state index in [1.54, 1.807) is 30.3 Å². The fourth-order valence-electron chi connectivity index (χ4n) is 3.02. The number of methoxy groups -OCH3 is 1. The Morgan fingerprint density at radius 1 is 0.931 bits per heavy atom. The quantitative estimate of drug-likeness (QED) is 0.590. The minimum Gasteiger partial charge on any atom is -0.394 e. The predicted octanol–water partition coefficient (Wildman–Crippen LogP) is 3.05. The van der Waals surface area contributed by atoms with Crippen molar-refractivity contribution in [3.63, 3.8) is 0 Å². The van der Waals surface area contributed by atoms with E-state index in [0.29, 0.717) is 11.1 Å². The molecule has 0 aliphatic heterocycles. The summed E-state index contributed by atoms with van der Waals surface area (Å²) in [5, 5.41) is 21.6. The Morgan fingerprint density at radius 3 is 2.03 bits per heavy atom. The zero-order valence-corrected chi connectivity index (χ0v) is 17.8. The number of fused-ring (bicyclic) bond motifs is 3. The van der Waals surface area contributed by atoms with Gasteiger partial charge in [0, 0.05) is 23.8 Å². The van der Waals surface area contributed by atoms with Gasteiger partial charge in [0.15, 0.2) is 5.78 Å². The Morgan fingerprint density at radius 2 is 1.48 bits per heavy atom. The number of aliphatic hydroxyl groups excluding tert-OH is 2. The third-order valence-electron chi connectivity index (χ3n) is 4.39. The van der Waals surface area contributed by atoms with Gasteiger partial charge < -0.3 is 20.3 Å². The van der Waals surface area contributed by atoms with E-state index in [-0.39, 0.29) is 18.0 Å². The lowest BCUT2D eigenvalue weighted by atomic mass is 10.00. The molecule has 1 aliphatic rings. The maximum atomic E-state index is 12.5. The Bertz CT molecular complexity index is 828. The first-order chi connectivity index (χ1) is 14.0. The number of hydrogen-bond acceptors (Lipinski definition) is 5. The Balaban J connectivity index is 0.000000989. The molecule has 0 unspecified atom stereocenters. The van der Waals surface area contributed by atoms with E-state index in [0.717, 1.165) is 11.1 Å². The summed E-state index contributed by atoms with van der Waals surface area (Å²) in [6.45, 7) is 7.01. The minimum atomic E-state index is -1.28. The topological polar surface area (TPSA) is 95.9 Å². The fraction of sp³-hybridized carbons (Fsp3) is 0.391. The summed E-state index contributed by atoms with van der Waals surface area (Å²) >= 11 is 0. The third-order valence-corrected chi connectivity index (χ3v) is 4.39. The van der Waals surface area contributed by atoms with Crippen molar-refractivity contribution in [2.24, 2.45) is 0 Å². The number of benzene rings is 2. The number of ether oxygens (including phenoxy) is 1. The average Bonchev–Trinajstić information content (AvgIpc) is 3.08. The summed E-state index contributed by atoms with van der Waals surface area (Å²) in [5.74, 6) is -0.612. The van der Waals surface area contributed by atoms with Crippen LogP contribution in [0.15, 0.2) is 42.5 Å². The molecule has 2 aromatic rings. The van der Waals surface area contributed by atoms with E-state index in [9.17, 15) is 19.8 Å². The minimum absolute atomic E-state index is 0.0406. The van der Waals surface area contributed by atoms with Crippen molar-refractivity contribution >= 4 is 11.7 Å². The molecule has 6 heteroatoms. The van der Waals surface area contributed by atoms with E-state index in [2.05, 4.69) is 5.32 Å². The second-order valence-corrected chi connectivity index (χ2v) is 6.12. The van der Waals surface area contributed by atoms with Gasteiger partial charge in [-0.3, -0.25) is 9.59 Å². The van der Waals surface area contributed by atoms with Crippen molar-refractivity contribution in [3.05, 3.63) is 59.2 Å². The monoisotopic (exact) mass is 401 g/mol. The van der Waals surface area contributed by atoms with Crippen LogP contribution in [-0.4, -0.2) is 54.4 Å². The van der Waals surface area contributed by atoms with Gasteiger partial charge in [0.1, 0.15) is 5.54 Å². The normalized spacial score (nSPS) is 11.3. The number of nitrogens with one attached hydrogen (secondary N) is 1. The summed E-state index contributed by atoms with van der Waals surface area (Å²) in [6, 6.07) is 12.2. The number of rotatable bonds is 6. The third kappa shape index (κ3) is 5.09. The van der Waals surface area contributed by atoms with E-state index in [4.69, 9.17) is 4.74 Å². The van der Waals surface area contributed by atoms with E-state index >= 15 is 0 Å². The second kappa shape index (κ2) is 11.5. The van der Waals surface area contributed by atoms with Crippen LogP contribution in [0.1, 0.15) is 54.0 Å². The highest BCUT2D eigenvalue weighted by atomic mass is 16.5. The van der Waals surface area contributed by atoms with Gasteiger partial charge in [-0.2, -0.15) is 0 Å². The molecular weight excluding hydrogens is 370 g/mol. The van der Waals surface area contributed by atoms with Crippen LogP contribution in [-0.2, 0) is 4.74 Å². The highest BCUT2D eigenvalue weighted by Gasteiger charge is 2.32. The van der Waals surface area contributed by atoms with E-state index in [1.165, 1.54) is 7.11 Å². The largest absolute Gasteiger partial charge is 0.394 e. The molecule has 0 heterocycles. The molecule has 2 aromatic carbocycles. The molecule has 0 saturated carbocycles. The zero-order valence-electron chi connectivity index (χ0n) is 17.8. The molecule has 0 bridgehead atoms. The lowest BCUT2D eigenvalue weighted by molar-refractivity contribution is 0.0221.